The van der Waals surface area contributed by atoms with Crippen molar-refractivity contribution in [2.45, 2.75) is 26.4 Å². The predicted molar refractivity (Wildman–Crippen MR) is 71.6 cm³/mol. The van der Waals surface area contributed by atoms with Gasteiger partial charge in [0.15, 0.2) is 6.10 Å². The maximum Gasteiger partial charge on any atom is 0.333 e. The Labute approximate surface area is 115 Å². The fourth-order valence-electron chi connectivity index (χ4n) is 2.29. The van der Waals surface area contributed by atoms with Crippen molar-refractivity contribution < 1.29 is 19.4 Å². The van der Waals surface area contributed by atoms with Crippen molar-refractivity contribution in [3.8, 4) is 0 Å². The summed E-state index contributed by atoms with van der Waals surface area (Å²) < 4.78 is 5.14. The second-order valence-electron chi connectivity index (χ2n) is 4.72. The van der Waals surface area contributed by atoms with Crippen LogP contribution in [0.5, 0.6) is 0 Å². The van der Waals surface area contributed by atoms with Crippen LogP contribution in [0, 0.1) is 19.8 Å². The average Bonchev–Trinajstić information content (AvgIpc) is 2.92. The lowest BCUT2D eigenvalue weighted by molar-refractivity contribution is -0.149. The van der Waals surface area contributed by atoms with E-state index in [2.05, 4.69) is 5.32 Å². The van der Waals surface area contributed by atoms with Crippen LogP contribution >= 0.6 is 11.3 Å². The summed E-state index contributed by atoms with van der Waals surface area (Å²) in [6.45, 7) is 4.64. The number of aryl methyl sites for hydroxylation is 2. The summed E-state index contributed by atoms with van der Waals surface area (Å²) in [7, 11) is 0. The standard InChI is InChI=1S/C13H17NO4S/c1-7-5-10(8(2)19-7)12(15)14-6-9-3-4-18-11(9)13(16)17/h5,9,11H,3-4,6H2,1-2H3,(H,14,15)(H,16,17)/t9-,11-/m0/s1. The van der Waals surface area contributed by atoms with Crippen molar-refractivity contribution in [2.24, 2.45) is 5.92 Å². The van der Waals surface area contributed by atoms with E-state index < -0.39 is 12.1 Å². The number of aliphatic carboxylic acids is 1. The molecule has 0 aliphatic carbocycles. The van der Waals surface area contributed by atoms with E-state index in [1.54, 1.807) is 11.3 Å². The monoisotopic (exact) mass is 283 g/mol. The second kappa shape index (κ2) is 5.71. The highest BCUT2D eigenvalue weighted by molar-refractivity contribution is 7.12. The van der Waals surface area contributed by atoms with Crippen LogP contribution in [-0.4, -0.2) is 36.2 Å². The Kier molecular flexibility index (Phi) is 4.21. The van der Waals surface area contributed by atoms with Crippen molar-refractivity contribution in [3.63, 3.8) is 0 Å². The molecule has 1 aliphatic rings. The van der Waals surface area contributed by atoms with Crippen LogP contribution in [0.1, 0.15) is 26.5 Å². The number of carboxylic acid groups (broad SMARTS) is 1. The molecular weight excluding hydrogens is 266 g/mol. The van der Waals surface area contributed by atoms with Gasteiger partial charge in [0.2, 0.25) is 0 Å². The molecule has 2 atom stereocenters. The van der Waals surface area contributed by atoms with Crippen LogP contribution in [0.2, 0.25) is 0 Å². The molecule has 5 nitrogen and oxygen atoms in total. The first-order valence-corrected chi connectivity index (χ1v) is 7.00. The summed E-state index contributed by atoms with van der Waals surface area (Å²) in [4.78, 5) is 25.0. The van der Waals surface area contributed by atoms with Gasteiger partial charge in [0, 0.05) is 28.8 Å². The molecule has 1 aromatic rings. The fourth-order valence-corrected chi connectivity index (χ4v) is 3.21. The zero-order valence-corrected chi connectivity index (χ0v) is 11.8. The molecule has 1 aromatic heterocycles. The van der Waals surface area contributed by atoms with Gasteiger partial charge in [0.05, 0.1) is 5.56 Å². The third-order valence-corrected chi connectivity index (χ3v) is 4.23. The minimum absolute atomic E-state index is 0.141. The van der Waals surface area contributed by atoms with Crippen molar-refractivity contribution in [1.82, 2.24) is 5.32 Å². The number of carbonyl (C=O) groups excluding carboxylic acids is 1. The van der Waals surface area contributed by atoms with Crippen LogP contribution in [0.4, 0.5) is 0 Å². The van der Waals surface area contributed by atoms with Crippen molar-refractivity contribution in [1.29, 1.82) is 0 Å². The number of rotatable bonds is 4. The summed E-state index contributed by atoms with van der Waals surface area (Å²) in [5.74, 6) is -1.25. The SMILES string of the molecule is Cc1cc(C(=O)NC[C@@H]2CCO[C@@H]2C(=O)O)c(C)s1. The summed E-state index contributed by atoms with van der Waals surface area (Å²) in [6.07, 6.45) is -0.135. The molecular formula is C13H17NO4S. The predicted octanol–water partition coefficient (Wildman–Crippen LogP) is 1.58. The second-order valence-corrected chi connectivity index (χ2v) is 6.18. The smallest absolute Gasteiger partial charge is 0.333 e. The van der Waals surface area contributed by atoms with Crippen LogP contribution in [0.3, 0.4) is 0 Å². The third-order valence-electron chi connectivity index (χ3n) is 3.27. The topological polar surface area (TPSA) is 75.6 Å². The molecule has 0 unspecified atom stereocenters. The molecule has 0 radical (unpaired) electrons. The first-order chi connectivity index (χ1) is 8.99. The Balaban J connectivity index is 1.94. The Hall–Kier alpha value is -1.40. The van der Waals surface area contributed by atoms with Crippen LogP contribution in [-0.2, 0) is 9.53 Å². The fraction of sp³-hybridized carbons (Fsp3) is 0.538. The van der Waals surface area contributed by atoms with Gasteiger partial charge in [-0.15, -0.1) is 11.3 Å². The van der Waals surface area contributed by atoms with Gasteiger partial charge in [-0.2, -0.15) is 0 Å². The van der Waals surface area contributed by atoms with Crippen molar-refractivity contribution >= 4 is 23.2 Å². The number of nitrogens with one attached hydrogen (secondary N) is 1. The Bertz CT molecular complexity index is 497. The normalized spacial score (nSPS) is 22.4. The zero-order valence-electron chi connectivity index (χ0n) is 10.9. The van der Waals surface area contributed by atoms with Crippen molar-refractivity contribution in [3.05, 3.63) is 21.4 Å². The molecule has 2 heterocycles. The number of hydrogen-bond acceptors (Lipinski definition) is 4. The first-order valence-electron chi connectivity index (χ1n) is 6.18. The molecule has 1 amide bonds. The molecule has 6 heteroatoms. The maximum absolute atomic E-state index is 12.0. The van der Waals surface area contributed by atoms with Gasteiger partial charge in [-0.25, -0.2) is 4.79 Å². The Morgan fingerprint density at radius 1 is 1.53 bits per heavy atom. The molecule has 1 saturated heterocycles. The highest BCUT2D eigenvalue weighted by atomic mass is 32.1. The number of amides is 1. The largest absolute Gasteiger partial charge is 0.479 e. The number of carbonyl (C=O) groups is 2. The van der Waals surface area contributed by atoms with E-state index in [0.717, 1.165) is 9.75 Å². The van der Waals surface area contributed by atoms with E-state index in [4.69, 9.17) is 9.84 Å². The Morgan fingerprint density at radius 3 is 2.84 bits per heavy atom. The summed E-state index contributed by atoms with van der Waals surface area (Å²) in [6, 6.07) is 1.86. The molecule has 104 valence electrons. The molecule has 0 bridgehead atoms. The minimum Gasteiger partial charge on any atom is -0.479 e. The lowest BCUT2D eigenvalue weighted by atomic mass is 10.0. The minimum atomic E-state index is -0.959. The van der Waals surface area contributed by atoms with Gasteiger partial charge in [-0.3, -0.25) is 4.79 Å². The van der Waals surface area contributed by atoms with Gasteiger partial charge in [0.1, 0.15) is 0 Å². The highest BCUT2D eigenvalue weighted by Gasteiger charge is 2.34. The number of hydrogen-bond donors (Lipinski definition) is 2. The molecule has 2 rings (SSSR count). The van der Waals surface area contributed by atoms with Crippen molar-refractivity contribution in [2.75, 3.05) is 13.2 Å². The van der Waals surface area contributed by atoms with E-state index in [1.807, 2.05) is 19.9 Å². The van der Waals surface area contributed by atoms with E-state index in [1.165, 1.54) is 0 Å². The van der Waals surface area contributed by atoms with Crippen LogP contribution in [0.25, 0.3) is 0 Å². The highest BCUT2D eigenvalue weighted by Crippen LogP contribution is 2.22. The third kappa shape index (κ3) is 3.13. The number of thiophene rings is 1. The summed E-state index contributed by atoms with van der Waals surface area (Å²) in [5.41, 5.74) is 0.674. The van der Waals surface area contributed by atoms with Gasteiger partial charge >= 0.3 is 5.97 Å². The van der Waals surface area contributed by atoms with E-state index in [9.17, 15) is 9.59 Å². The van der Waals surface area contributed by atoms with Gasteiger partial charge in [-0.1, -0.05) is 0 Å². The molecule has 0 saturated carbocycles. The lowest BCUT2D eigenvalue weighted by Crippen LogP contribution is -2.36. The Morgan fingerprint density at radius 2 is 2.26 bits per heavy atom. The number of ether oxygens (including phenoxy) is 1. The molecule has 19 heavy (non-hydrogen) atoms. The average molecular weight is 283 g/mol. The number of carboxylic acids is 1. The van der Waals surface area contributed by atoms with Gasteiger partial charge < -0.3 is 15.2 Å². The first kappa shape index (κ1) is 14.0. The molecule has 0 spiro atoms. The summed E-state index contributed by atoms with van der Waals surface area (Å²) in [5, 5.41) is 11.8. The van der Waals surface area contributed by atoms with Gasteiger partial charge in [0.25, 0.3) is 5.91 Å². The van der Waals surface area contributed by atoms with E-state index >= 15 is 0 Å². The molecule has 1 aliphatic heterocycles. The molecule has 2 N–H and O–H groups in total. The quantitative estimate of drug-likeness (QED) is 0.879. The van der Waals surface area contributed by atoms with E-state index in [-0.39, 0.29) is 11.8 Å². The lowest BCUT2D eigenvalue weighted by Gasteiger charge is -2.15. The van der Waals surface area contributed by atoms with Crippen LogP contribution < -0.4 is 5.32 Å². The van der Waals surface area contributed by atoms with Crippen LogP contribution in [0.15, 0.2) is 6.07 Å². The zero-order chi connectivity index (χ0) is 14.0. The summed E-state index contributed by atoms with van der Waals surface area (Å²) >= 11 is 1.58. The van der Waals surface area contributed by atoms with E-state index in [0.29, 0.717) is 25.1 Å². The maximum atomic E-state index is 12.0. The molecule has 1 fully saturated rings. The van der Waals surface area contributed by atoms with Gasteiger partial charge in [-0.05, 0) is 26.3 Å². The molecule has 0 aromatic carbocycles.